The Morgan fingerprint density at radius 1 is 1.29 bits per heavy atom. The standard InChI is InChI=1S/C16H14FN3O/c1-10-5-4-8-18-15(10)19-16(21)14-9-11-12(17)6-3-7-13(11)20(14)2/h3-9H,1-2H3,(H,18,19,21). The van der Waals surface area contributed by atoms with Crippen LogP contribution in [0.1, 0.15) is 16.1 Å². The molecule has 0 aliphatic carbocycles. The largest absolute Gasteiger partial charge is 0.340 e. The highest BCUT2D eigenvalue weighted by Gasteiger charge is 2.16. The first kappa shape index (κ1) is 13.3. The number of aromatic nitrogens is 2. The molecule has 2 heterocycles. The first-order chi connectivity index (χ1) is 10.1. The van der Waals surface area contributed by atoms with Gasteiger partial charge in [0.1, 0.15) is 17.3 Å². The van der Waals surface area contributed by atoms with Crippen LogP contribution in [0, 0.1) is 12.7 Å². The van der Waals surface area contributed by atoms with E-state index in [0.29, 0.717) is 22.4 Å². The van der Waals surface area contributed by atoms with Crippen LogP contribution in [0.4, 0.5) is 10.2 Å². The third-order valence-corrected chi connectivity index (χ3v) is 3.51. The van der Waals surface area contributed by atoms with E-state index in [9.17, 15) is 9.18 Å². The fraction of sp³-hybridized carbons (Fsp3) is 0.125. The van der Waals surface area contributed by atoms with Crippen LogP contribution in [0.15, 0.2) is 42.6 Å². The summed E-state index contributed by atoms with van der Waals surface area (Å²) in [7, 11) is 1.74. The number of anilines is 1. The Balaban J connectivity index is 2.01. The average molecular weight is 283 g/mol. The van der Waals surface area contributed by atoms with E-state index < -0.39 is 0 Å². The lowest BCUT2D eigenvalue weighted by molar-refractivity contribution is 0.101. The van der Waals surface area contributed by atoms with Gasteiger partial charge in [-0.2, -0.15) is 0 Å². The minimum Gasteiger partial charge on any atom is -0.340 e. The van der Waals surface area contributed by atoms with Crippen molar-refractivity contribution in [2.24, 2.45) is 7.05 Å². The second-order valence-electron chi connectivity index (χ2n) is 4.88. The lowest BCUT2D eigenvalue weighted by Crippen LogP contribution is -2.16. The monoisotopic (exact) mass is 283 g/mol. The van der Waals surface area contributed by atoms with E-state index in [0.717, 1.165) is 5.56 Å². The molecule has 0 aliphatic heterocycles. The molecule has 1 N–H and O–H groups in total. The number of amides is 1. The number of halogens is 1. The zero-order valence-electron chi connectivity index (χ0n) is 11.7. The molecule has 3 aromatic rings. The Kier molecular flexibility index (Phi) is 3.17. The minimum atomic E-state index is -0.337. The fourth-order valence-electron chi connectivity index (χ4n) is 2.33. The van der Waals surface area contributed by atoms with E-state index >= 15 is 0 Å². The number of hydrogen-bond acceptors (Lipinski definition) is 2. The van der Waals surface area contributed by atoms with Gasteiger partial charge in [-0.05, 0) is 36.8 Å². The van der Waals surface area contributed by atoms with Crippen LogP contribution >= 0.6 is 0 Å². The number of rotatable bonds is 2. The number of aryl methyl sites for hydroxylation is 2. The molecule has 0 saturated heterocycles. The van der Waals surface area contributed by atoms with Crippen LogP contribution < -0.4 is 5.32 Å². The van der Waals surface area contributed by atoms with E-state index in [1.165, 1.54) is 6.07 Å². The molecule has 5 heteroatoms. The molecular formula is C16H14FN3O. The molecule has 0 aliphatic rings. The maximum absolute atomic E-state index is 13.8. The Hall–Kier alpha value is -2.69. The number of pyridine rings is 1. The summed E-state index contributed by atoms with van der Waals surface area (Å²) in [6.45, 7) is 1.86. The molecule has 0 radical (unpaired) electrons. The van der Waals surface area contributed by atoms with Crippen molar-refractivity contribution in [3.05, 3.63) is 59.7 Å². The van der Waals surface area contributed by atoms with Gasteiger partial charge in [-0.3, -0.25) is 4.79 Å². The van der Waals surface area contributed by atoms with Crippen LogP contribution in [-0.2, 0) is 7.05 Å². The van der Waals surface area contributed by atoms with Crippen LogP contribution in [0.3, 0.4) is 0 Å². The molecule has 3 rings (SSSR count). The molecule has 1 amide bonds. The highest BCUT2D eigenvalue weighted by molar-refractivity contribution is 6.06. The van der Waals surface area contributed by atoms with Crippen LogP contribution in [0.2, 0.25) is 0 Å². The molecule has 0 fully saturated rings. The summed E-state index contributed by atoms with van der Waals surface area (Å²) in [4.78, 5) is 16.5. The molecule has 0 atom stereocenters. The summed E-state index contributed by atoms with van der Waals surface area (Å²) in [6.07, 6.45) is 1.61. The number of carbonyl (C=O) groups excluding carboxylic acids is 1. The molecule has 0 saturated carbocycles. The van der Waals surface area contributed by atoms with Crippen molar-refractivity contribution in [3.63, 3.8) is 0 Å². The van der Waals surface area contributed by atoms with Gasteiger partial charge in [-0.1, -0.05) is 12.1 Å². The smallest absolute Gasteiger partial charge is 0.273 e. The van der Waals surface area contributed by atoms with Crippen molar-refractivity contribution in [3.8, 4) is 0 Å². The van der Waals surface area contributed by atoms with Crippen LogP contribution in [0.25, 0.3) is 10.9 Å². The van der Waals surface area contributed by atoms with Gasteiger partial charge >= 0.3 is 0 Å². The summed E-state index contributed by atoms with van der Waals surface area (Å²) < 4.78 is 15.4. The van der Waals surface area contributed by atoms with Crippen molar-refractivity contribution < 1.29 is 9.18 Å². The first-order valence-corrected chi connectivity index (χ1v) is 6.55. The Morgan fingerprint density at radius 3 is 2.81 bits per heavy atom. The Labute approximate surface area is 121 Å². The highest BCUT2D eigenvalue weighted by atomic mass is 19.1. The van der Waals surface area contributed by atoms with Gasteiger partial charge in [0.05, 0.1) is 5.52 Å². The van der Waals surface area contributed by atoms with E-state index in [4.69, 9.17) is 0 Å². The maximum atomic E-state index is 13.8. The molecule has 1 aromatic carbocycles. The van der Waals surface area contributed by atoms with Gasteiger partial charge in [0.2, 0.25) is 0 Å². The first-order valence-electron chi connectivity index (χ1n) is 6.55. The highest BCUT2D eigenvalue weighted by Crippen LogP contribution is 2.22. The molecule has 21 heavy (non-hydrogen) atoms. The molecule has 0 spiro atoms. The number of fused-ring (bicyclic) bond motifs is 1. The zero-order chi connectivity index (χ0) is 15.0. The number of carbonyl (C=O) groups is 1. The fourth-order valence-corrected chi connectivity index (χ4v) is 2.33. The van der Waals surface area contributed by atoms with E-state index in [2.05, 4.69) is 10.3 Å². The third kappa shape index (κ3) is 2.27. The van der Waals surface area contributed by atoms with Crippen LogP contribution in [0.5, 0.6) is 0 Å². The lowest BCUT2D eigenvalue weighted by atomic mass is 10.2. The number of benzene rings is 1. The third-order valence-electron chi connectivity index (χ3n) is 3.51. The molecule has 4 nitrogen and oxygen atoms in total. The van der Waals surface area contributed by atoms with Crippen molar-refractivity contribution in [2.45, 2.75) is 6.92 Å². The quantitative estimate of drug-likeness (QED) is 0.784. The van der Waals surface area contributed by atoms with Crippen LogP contribution in [-0.4, -0.2) is 15.5 Å². The minimum absolute atomic E-state index is 0.310. The molecule has 106 valence electrons. The topological polar surface area (TPSA) is 46.9 Å². The molecule has 0 unspecified atom stereocenters. The zero-order valence-corrected chi connectivity index (χ0v) is 11.7. The number of nitrogens with one attached hydrogen (secondary N) is 1. The summed E-state index contributed by atoms with van der Waals surface area (Å²) >= 11 is 0. The summed E-state index contributed by atoms with van der Waals surface area (Å²) in [5, 5.41) is 3.19. The van der Waals surface area contributed by atoms with Gasteiger partial charge in [0, 0.05) is 18.6 Å². The number of hydrogen-bond donors (Lipinski definition) is 1. The van der Waals surface area contributed by atoms with Gasteiger partial charge < -0.3 is 9.88 Å². The van der Waals surface area contributed by atoms with E-state index in [1.54, 1.807) is 42.1 Å². The SMILES string of the molecule is Cc1cccnc1NC(=O)c1cc2c(F)cccc2n1C. The maximum Gasteiger partial charge on any atom is 0.273 e. The summed E-state index contributed by atoms with van der Waals surface area (Å²) in [5.74, 6) is -0.140. The second-order valence-corrected chi connectivity index (χ2v) is 4.88. The Bertz CT molecular complexity index is 839. The number of nitrogens with zero attached hydrogens (tertiary/aromatic N) is 2. The van der Waals surface area contributed by atoms with Crippen molar-refractivity contribution >= 4 is 22.6 Å². The van der Waals surface area contributed by atoms with Gasteiger partial charge in [-0.25, -0.2) is 9.37 Å². The van der Waals surface area contributed by atoms with E-state index in [-0.39, 0.29) is 11.7 Å². The van der Waals surface area contributed by atoms with Gasteiger partial charge in [0.15, 0.2) is 0 Å². The predicted octanol–water partition coefficient (Wildman–Crippen LogP) is 3.27. The molecule has 2 aromatic heterocycles. The summed E-state index contributed by atoms with van der Waals surface area (Å²) in [6, 6.07) is 10.0. The van der Waals surface area contributed by atoms with Crippen molar-refractivity contribution in [1.29, 1.82) is 0 Å². The lowest BCUT2D eigenvalue weighted by Gasteiger charge is -2.07. The normalized spacial score (nSPS) is 10.8. The predicted molar refractivity (Wildman–Crippen MR) is 79.8 cm³/mol. The average Bonchev–Trinajstić information content (AvgIpc) is 2.81. The van der Waals surface area contributed by atoms with Gasteiger partial charge in [-0.15, -0.1) is 0 Å². The Morgan fingerprint density at radius 2 is 2.10 bits per heavy atom. The van der Waals surface area contributed by atoms with E-state index in [1.807, 2.05) is 13.0 Å². The summed E-state index contributed by atoms with van der Waals surface area (Å²) in [5.41, 5.74) is 1.94. The van der Waals surface area contributed by atoms with Crippen molar-refractivity contribution in [2.75, 3.05) is 5.32 Å². The second kappa shape index (κ2) is 5.01. The van der Waals surface area contributed by atoms with Gasteiger partial charge in [0.25, 0.3) is 5.91 Å². The molecular weight excluding hydrogens is 269 g/mol. The molecule has 0 bridgehead atoms. The van der Waals surface area contributed by atoms with Crippen molar-refractivity contribution in [1.82, 2.24) is 9.55 Å².